The van der Waals surface area contributed by atoms with Gasteiger partial charge in [0.2, 0.25) is 5.91 Å². The minimum absolute atomic E-state index is 0.00450. The highest BCUT2D eigenvalue weighted by Crippen LogP contribution is 2.27. The molecule has 150 valence electrons. The largest absolute Gasteiger partial charge is 0.352 e. The Morgan fingerprint density at radius 3 is 2.17 bits per heavy atom. The lowest BCUT2D eigenvalue weighted by Gasteiger charge is -2.18. The molecule has 0 aliphatic heterocycles. The van der Waals surface area contributed by atoms with Gasteiger partial charge in [0.05, 0.1) is 0 Å². The van der Waals surface area contributed by atoms with Gasteiger partial charge in [0.25, 0.3) is 0 Å². The monoisotopic (exact) mass is 396 g/mol. The molecule has 0 aliphatic carbocycles. The number of pyridine rings is 1. The molecular formula is C25H24N4O. The first-order valence-corrected chi connectivity index (χ1v) is 10.0. The van der Waals surface area contributed by atoms with Crippen molar-refractivity contribution in [2.75, 3.05) is 0 Å². The average molecular weight is 396 g/mol. The second-order valence-electron chi connectivity index (χ2n) is 7.19. The van der Waals surface area contributed by atoms with Crippen LogP contribution in [0.4, 0.5) is 0 Å². The normalized spacial score (nSPS) is 10.9. The van der Waals surface area contributed by atoms with Crippen molar-refractivity contribution in [3.8, 4) is 5.82 Å². The Labute approximate surface area is 176 Å². The molecule has 2 aromatic heterocycles. The van der Waals surface area contributed by atoms with Crippen molar-refractivity contribution in [3.05, 3.63) is 114 Å². The second kappa shape index (κ2) is 9.18. The van der Waals surface area contributed by atoms with Crippen LogP contribution in [0, 0.1) is 6.92 Å². The predicted octanol–water partition coefficient (Wildman–Crippen LogP) is 4.41. The van der Waals surface area contributed by atoms with E-state index in [2.05, 4.69) is 39.6 Å². The number of hydrogen-bond acceptors (Lipinski definition) is 3. The van der Waals surface area contributed by atoms with Crippen molar-refractivity contribution in [2.24, 2.45) is 0 Å². The lowest BCUT2D eigenvalue weighted by molar-refractivity contribution is -0.121. The summed E-state index contributed by atoms with van der Waals surface area (Å²) < 4.78 is 1.93. The standard InChI is InChI=1S/C25H24N4O/c1-19-26-15-16-29(19)25-22(13-8-14-27-25)18-28-24(30)17-23(20-9-4-2-5-10-20)21-11-6-3-7-12-21/h2-16,23H,17-18H2,1H3,(H,28,30). The van der Waals surface area contributed by atoms with Crippen molar-refractivity contribution >= 4 is 5.91 Å². The maximum atomic E-state index is 12.9. The number of rotatable bonds is 7. The number of amides is 1. The molecule has 0 saturated heterocycles. The van der Waals surface area contributed by atoms with Crippen LogP contribution in [0.5, 0.6) is 0 Å². The summed E-state index contributed by atoms with van der Waals surface area (Å²) >= 11 is 0. The third kappa shape index (κ3) is 4.46. The summed E-state index contributed by atoms with van der Waals surface area (Å²) in [5.41, 5.74) is 3.22. The van der Waals surface area contributed by atoms with Crippen LogP contribution in [0.1, 0.15) is 34.9 Å². The van der Waals surface area contributed by atoms with Crippen LogP contribution in [-0.2, 0) is 11.3 Å². The van der Waals surface area contributed by atoms with Crippen LogP contribution in [0.3, 0.4) is 0 Å². The Morgan fingerprint density at radius 1 is 0.900 bits per heavy atom. The van der Waals surface area contributed by atoms with E-state index in [1.165, 1.54) is 0 Å². The van der Waals surface area contributed by atoms with Crippen LogP contribution in [-0.4, -0.2) is 20.4 Å². The molecule has 0 bridgehead atoms. The van der Waals surface area contributed by atoms with Crippen LogP contribution >= 0.6 is 0 Å². The molecule has 4 aromatic rings. The number of aromatic nitrogens is 3. The van der Waals surface area contributed by atoms with Gasteiger partial charge in [0.15, 0.2) is 0 Å². The van der Waals surface area contributed by atoms with Gasteiger partial charge in [-0.25, -0.2) is 9.97 Å². The number of nitrogens with zero attached hydrogens (tertiary/aromatic N) is 3. The van der Waals surface area contributed by atoms with Gasteiger partial charge in [0, 0.05) is 43.0 Å². The van der Waals surface area contributed by atoms with E-state index in [4.69, 9.17) is 0 Å². The van der Waals surface area contributed by atoms with E-state index in [9.17, 15) is 4.79 Å². The van der Waals surface area contributed by atoms with Gasteiger partial charge >= 0.3 is 0 Å². The molecule has 1 amide bonds. The van der Waals surface area contributed by atoms with Crippen molar-refractivity contribution < 1.29 is 4.79 Å². The van der Waals surface area contributed by atoms with Crippen LogP contribution < -0.4 is 5.32 Å². The van der Waals surface area contributed by atoms with E-state index in [-0.39, 0.29) is 11.8 Å². The number of benzene rings is 2. The first-order chi connectivity index (χ1) is 14.7. The molecule has 0 radical (unpaired) electrons. The predicted molar refractivity (Wildman–Crippen MR) is 117 cm³/mol. The summed E-state index contributed by atoms with van der Waals surface area (Å²) in [6, 6.07) is 24.2. The fraction of sp³-hybridized carbons (Fsp3) is 0.160. The lowest BCUT2D eigenvalue weighted by atomic mass is 9.88. The van der Waals surface area contributed by atoms with Crippen molar-refractivity contribution in [3.63, 3.8) is 0 Å². The van der Waals surface area contributed by atoms with Crippen LogP contribution in [0.25, 0.3) is 5.82 Å². The molecule has 0 aliphatic rings. The van der Waals surface area contributed by atoms with Gasteiger partial charge in [-0.05, 0) is 24.1 Å². The maximum Gasteiger partial charge on any atom is 0.221 e. The molecule has 5 heteroatoms. The zero-order valence-corrected chi connectivity index (χ0v) is 16.9. The molecule has 30 heavy (non-hydrogen) atoms. The van der Waals surface area contributed by atoms with Crippen LogP contribution in [0.2, 0.25) is 0 Å². The Kier molecular flexibility index (Phi) is 5.99. The number of aryl methyl sites for hydroxylation is 1. The average Bonchev–Trinajstić information content (AvgIpc) is 3.23. The second-order valence-corrected chi connectivity index (χ2v) is 7.19. The van der Waals surface area contributed by atoms with Crippen molar-refractivity contribution in [2.45, 2.75) is 25.8 Å². The first-order valence-electron chi connectivity index (χ1n) is 10.0. The zero-order chi connectivity index (χ0) is 20.8. The van der Waals surface area contributed by atoms with E-state index >= 15 is 0 Å². The van der Waals surface area contributed by atoms with Gasteiger partial charge in [-0.15, -0.1) is 0 Å². The van der Waals surface area contributed by atoms with Crippen molar-refractivity contribution in [1.82, 2.24) is 19.9 Å². The van der Waals surface area contributed by atoms with E-state index in [1.807, 2.05) is 66.2 Å². The van der Waals surface area contributed by atoms with E-state index in [0.29, 0.717) is 13.0 Å². The summed E-state index contributed by atoms with van der Waals surface area (Å²) in [7, 11) is 0. The maximum absolute atomic E-state index is 12.9. The molecule has 0 unspecified atom stereocenters. The lowest BCUT2D eigenvalue weighted by Crippen LogP contribution is -2.25. The smallest absolute Gasteiger partial charge is 0.221 e. The SMILES string of the molecule is Cc1nccn1-c1ncccc1CNC(=O)CC(c1ccccc1)c1ccccc1. The number of carbonyl (C=O) groups is 1. The molecule has 0 saturated carbocycles. The van der Waals surface area contributed by atoms with Gasteiger partial charge in [-0.3, -0.25) is 9.36 Å². The van der Waals surface area contributed by atoms with Crippen molar-refractivity contribution in [1.29, 1.82) is 0 Å². The number of hydrogen-bond donors (Lipinski definition) is 1. The molecule has 0 atom stereocenters. The van der Waals surface area contributed by atoms with E-state index in [1.54, 1.807) is 12.4 Å². The number of nitrogens with one attached hydrogen (secondary N) is 1. The fourth-order valence-electron chi connectivity index (χ4n) is 3.64. The van der Waals surface area contributed by atoms with Gasteiger partial charge in [0.1, 0.15) is 11.6 Å². The fourth-order valence-corrected chi connectivity index (χ4v) is 3.64. The summed E-state index contributed by atoms with van der Waals surface area (Å²) in [5, 5.41) is 3.08. The molecule has 0 fully saturated rings. The Morgan fingerprint density at radius 2 is 1.57 bits per heavy atom. The van der Waals surface area contributed by atoms with Gasteiger partial charge in [-0.2, -0.15) is 0 Å². The highest BCUT2D eigenvalue weighted by atomic mass is 16.1. The van der Waals surface area contributed by atoms with Gasteiger partial charge in [-0.1, -0.05) is 66.7 Å². The summed E-state index contributed by atoms with van der Waals surface area (Å²) in [4.78, 5) is 21.6. The minimum atomic E-state index is 0.00450. The van der Waals surface area contributed by atoms with E-state index < -0.39 is 0 Å². The quantitative estimate of drug-likeness (QED) is 0.503. The molecule has 1 N–H and O–H groups in total. The van der Waals surface area contributed by atoms with E-state index in [0.717, 1.165) is 28.3 Å². The topological polar surface area (TPSA) is 59.8 Å². The highest BCUT2D eigenvalue weighted by Gasteiger charge is 2.18. The summed E-state index contributed by atoms with van der Waals surface area (Å²) in [6.45, 7) is 2.34. The third-order valence-corrected chi connectivity index (χ3v) is 5.19. The molecule has 0 spiro atoms. The first kappa shape index (κ1) is 19.6. The minimum Gasteiger partial charge on any atom is -0.352 e. The number of imidazole rings is 1. The Hall–Kier alpha value is -3.73. The Bertz CT molecular complexity index is 1070. The third-order valence-electron chi connectivity index (χ3n) is 5.19. The van der Waals surface area contributed by atoms with Gasteiger partial charge < -0.3 is 5.32 Å². The Balaban J connectivity index is 1.50. The zero-order valence-electron chi connectivity index (χ0n) is 16.9. The molecule has 2 heterocycles. The molecule has 4 rings (SSSR count). The summed E-state index contributed by atoms with van der Waals surface area (Å²) in [6.07, 6.45) is 5.76. The molecular weight excluding hydrogens is 372 g/mol. The highest BCUT2D eigenvalue weighted by molar-refractivity contribution is 5.77. The molecule has 5 nitrogen and oxygen atoms in total. The molecule has 2 aromatic carbocycles. The summed E-state index contributed by atoms with van der Waals surface area (Å²) in [5.74, 6) is 1.66. The number of carbonyl (C=O) groups excluding carboxylic acids is 1. The van der Waals surface area contributed by atoms with Crippen LogP contribution in [0.15, 0.2) is 91.4 Å².